The van der Waals surface area contributed by atoms with Crippen molar-refractivity contribution >= 4 is 34.9 Å². The van der Waals surface area contributed by atoms with Crippen molar-refractivity contribution in [2.75, 3.05) is 38.2 Å². The number of fused-ring (bicyclic) bond motifs is 1. The molecule has 0 saturated carbocycles. The van der Waals surface area contributed by atoms with Gasteiger partial charge in [0, 0.05) is 6.54 Å². The lowest BCUT2D eigenvalue weighted by Gasteiger charge is -2.21. The Morgan fingerprint density at radius 3 is 2.50 bits per heavy atom. The Labute approximate surface area is 146 Å². The molecule has 0 N–H and O–H groups in total. The summed E-state index contributed by atoms with van der Waals surface area (Å²) in [6.45, 7) is 7.23. The highest BCUT2D eigenvalue weighted by Gasteiger charge is 2.38. The third-order valence-corrected chi connectivity index (χ3v) is 4.50. The molecule has 1 aliphatic heterocycles. The van der Waals surface area contributed by atoms with Crippen LogP contribution in [0.25, 0.3) is 0 Å². The molecule has 0 fully saturated rings. The predicted octanol–water partition coefficient (Wildman–Crippen LogP) is 2.39. The van der Waals surface area contributed by atoms with Gasteiger partial charge in [-0.2, -0.15) is 0 Å². The van der Waals surface area contributed by atoms with Gasteiger partial charge in [-0.15, -0.1) is 0 Å². The third-order valence-electron chi connectivity index (χ3n) is 4.20. The number of benzene rings is 1. The van der Waals surface area contributed by atoms with Crippen LogP contribution in [-0.4, -0.2) is 55.8 Å². The van der Waals surface area contributed by atoms with Crippen LogP contribution in [0.1, 0.15) is 41.0 Å². The summed E-state index contributed by atoms with van der Waals surface area (Å²) in [5, 5.41) is 0.0949. The van der Waals surface area contributed by atoms with Gasteiger partial charge in [0.1, 0.15) is 0 Å². The summed E-state index contributed by atoms with van der Waals surface area (Å²) >= 11 is 6.11. The second-order valence-electron chi connectivity index (χ2n) is 5.51. The first-order chi connectivity index (χ1) is 11.4. The van der Waals surface area contributed by atoms with E-state index in [1.54, 1.807) is 0 Å². The highest BCUT2D eigenvalue weighted by molar-refractivity contribution is 6.55. The average molecular weight is 353 g/mol. The normalized spacial score (nSPS) is 13.6. The molecule has 7 heteroatoms. The molecule has 0 bridgehead atoms. The SMILES string of the molecule is CCN(CC)CCCN1C(=O)C(=O)c2c(Cl)cc(C(=O)OC)cc21. The Bertz CT molecular complexity index is 671. The number of methoxy groups -OCH3 is 1. The number of carbonyl (C=O) groups excluding carboxylic acids is 3. The zero-order chi connectivity index (χ0) is 17.9. The van der Waals surface area contributed by atoms with E-state index in [0.29, 0.717) is 12.2 Å². The molecule has 1 heterocycles. The average Bonchev–Trinajstić information content (AvgIpc) is 2.82. The summed E-state index contributed by atoms with van der Waals surface area (Å²) in [6.07, 6.45) is 0.722. The molecule has 1 amide bonds. The largest absolute Gasteiger partial charge is 0.465 e. The molecule has 24 heavy (non-hydrogen) atoms. The van der Waals surface area contributed by atoms with Crippen molar-refractivity contribution in [1.82, 2.24) is 4.90 Å². The molecule has 0 saturated heterocycles. The van der Waals surface area contributed by atoms with Gasteiger partial charge in [-0.3, -0.25) is 9.59 Å². The number of anilines is 1. The van der Waals surface area contributed by atoms with E-state index in [4.69, 9.17) is 11.6 Å². The van der Waals surface area contributed by atoms with Gasteiger partial charge in [-0.05, 0) is 38.2 Å². The molecule has 0 aromatic heterocycles. The highest BCUT2D eigenvalue weighted by Crippen LogP contribution is 2.36. The molecule has 0 radical (unpaired) electrons. The van der Waals surface area contributed by atoms with Crippen molar-refractivity contribution in [2.45, 2.75) is 20.3 Å². The maximum absolute atomic E-state index is 12.3. The first-order valence-electron chi connectivity index (χ1n) is 7.94. The van der Waals surface area contributed by atoms with Gasteiger partial charge in [-0.1, -0.05) is 25.4 Å². The summed E-state index contributed by atoms with van der Waals surface area (Å²) in [5.41, 5.74) is 0.770. The fraction of sp³-hybridized carbons (Fsp3) is 0.471. The molecule has 0 atom stereocenters. The first-order valence-corrected chi connectivity index (χ1v) is 8.32. The van der Waals surface area contributed by atoms with Crippen LogP contribution >= 0.6 is 11.6 Å². The van der Waals surface area contributed by atoms with E-state index in [-0.39, 0.29) is 16.1 Å². The topological polar surface area (TPSA) is 66.9 Å². The fourth-order valence-electron chi connectivity index (χ4n) is 2.82. The smallest absolute Gasteiger partial charge is 0.337 e. The van der Waals surface area contributed by atoms with Gasteiger partial charge in [0.05, 0.1) is 28.9 Å². The molecule has 2 rings (SSSR count). The monoisotopic (exact) mass is 352 g/mol. The lowest BCUT2D eigenvalue weighted by Crippen LogP contribution is -2.33. The van der Waals surface area contributed by atoms with Crippen LogP contribution in [0.4, 0.5) is 5.69 Å². The van der Waals surface area contributed by atoms with Crippen LogP contribution in [0.2, 0.25) is 5.02 Å². The van der Waals surface area contributed by atoms with Crippen molar-refractivity contribution in [2.24, 2.45) is 0 Å². The molecule has 130 valence electrons. The van der Waals surface area contributed by atoms with E-state index in [9.17, 15) is 14.4 Å². The van der Waals surface area contributed by atoms with Gasteiger partial charge in [-0.25, -0.2) is 4.79 Å². The molecule has 1 aromatic rings. The second-order valence-corrected chi connectivity index (χ2v) is 5.92. The van der Waals surface area contributed by atoms with Crippen LogP contribution in [-0.2, 0) is 9.53 Å². The van der Waals surface area contributed by atoms with E-state index in [0.717, 1.165) is 26.1 Å². The molecule has 6 nitrogen and oxygen atoms in total. The number of hydrogen-bond donors (Lipinski definition) is 0. The number of rotatable bonds is 7. The number of halogens is 1. The molecule has 0 spiro atoms. The van der Waals surface area contributed by atoms with Crippen LogP contribution in [0.5, 0.6) is 0 Å². The lowest BCUT2D eigenvalue weighted by molar-refractivity contribution is -0.114. The number of esters is 1. The van der Waals surface area contributed by atoms with Gasteiger partial charge < -0.3 is 14.5 Å². The highest BCUT2D eigenvalue weighted by atomic mass is 35.5. The minimum Gasteiger partial charge on any atom is -0.465 e. The standard InChI is InChI=1S/C17H21ClN2O4/c1-4-19(5-2)7-6-8-20-13-10-11(17(23)24-3)9-12(18)14(13)15(21)16(20)22/h9-10H,4-8H2,1-3H3. The lowest BCUT2D eigenvalue weighted by atomic mass is 10.1. The summed E-state index contributed by atoms with van der Waals surface area (Å²) in [5.74, 6) is -1.79. The Balaban J connectivity index is 2.26. The third kappa shape index (κ3) is 3.44. The summed E-state index contributed by atoms with van der Waals surface area (Å²) in [6, 6.07) is 2.85. The van der Waals surface area contributed by atoms with Crippen molar-refractivity contribution < 1.29 is 19.1 Å². The number of carbonyl (C=O) groups is 3. The molecular weight excluding hydrogens is 332 g/mol. The zero-order valence-electron chi connectivity index (χ0n) is 14.1. The van der Waals surface area contributed by atoms with Crippen LogP contribution in [0.15, 0.2) is 12.1 Å². The minimum absolute atomic E-state index is 0.0949. The Kier molecular flexibility index (Phi) is 5.96. The minimum atomic E-state index is -0.630. The fourth-order valence-corrected chi connectivity index (χ4v) is 3.12. The van der Waals surface area contributed by atoms with E-state index in [1.807, 2.05) is 0 Å². The van der Waals surface area contributed by atoms with E-state index in [2.05, 4.69) is 23.5 Å². The molecular formula is C17H21ClN2O4. The van der Waals surface area contributed by atoms with E-state index >= 15 is 0 Å². The predicted molar refractivity (Wildman–Crippen MR) is 91.9 cm³/mol. The summed E-state index contributed by atoms with van der Waals surface area (Å²) in [4.78, 5) is 39.8. The van der Waals surface area contributed by atoms with Crippen LogP contribution in [0, 0.1) is 0 Å². The molecule has 1 aliphatic rings. The molecule has 0 unspecified atom stereocenters. The Morgan fingerprint density at radius 1 is 1.25 bits per heavy atom. The zero-order valence-corrected chi connectivity index (χ0v) is 14.9. The van der Waals surface area contributed by atoms with E-state index in [1.165, 1.54) is 24.1 Å². The van der Waals surface area contributed by atoms with Crippen molar-refractivity contribution in [3.8, 4) is 0 Å². The number of amides is 1. The van der Waals surface area contributed by atoms with Gasteiger partial charge in [0.25, 0.3) is 11.7 Å². The summed E-state index contributed by atoms with van der Waals surface area (Å²) < 4.78 is 4.69. The van der Waals surface area contributed by atoms with Crippen molar-refractivity contribution in [1.29, 1.82) is 0 Å². The number of ether oxygens (including phenoxy) is 1. The number of Topliss-reactive ketones (excluding diaryl/α,β-unsaturated/α-hetero) is 1. The van der Waals surface area contributed by atoms with E-state index < -0.39 is 17.7 Å². The van der Waals surface area contributed by atoms with Crippen LogP contribution < -0.4 is 4.90 Å². The molecule has 1 aromatic carbocycles. The number of hydrogen-bond acceptors (Lipinski definition) is 5. The van der Waals surface area contributed by atoms with Crippen molar-refractivity contribution in [3.05, 3.63) is 28.3 Å². The van der Waals surface area contributed by atoms with Crippen molar-refractivity contribution in [3.63, 3.8) is 0 Å². The maximum Gasteiger partial charge on any atom is 0.337 e. The Hall–Kier alpha value is -1.92. The van der Waals surface area contributed by atoms with Gasteiger partial charge in [0.2, 0.25) is 0 Å². The number of ketones is 1. The summed E-state index contributed by atoms with van der Waals surface area (Å²) in [7, 11) is 1.27. The first kappa shape index (κ1) is 18.4. The number of nitrogens with zero attached hydrogens (tertiary/aromatic N) is 2. The quantitative estimate of drug-likeness (QED) is 0.557. The van der Waals surface area contributed by atoms with Gasteiger partial charge >= 0.3 is 5.97 Å². The Morgan fingerprint density at radius 2 is 1.92 bits per heavy atom. The van der Waals surface area contributed by atoms with Gasteiger partial charge in [0.15, 0.2) is 0 Å². The second kappa shape index (κ2) is 7.77. The molecule has 0 aliphatic carbocycles. The van der Waals surface area contributed by atoms with Crippen LogP contribution in [0.3, 0.4) is 0 Å². The maximum atomic E-state index is 12.3.